The van der Waals surface area contributed by atoms with E-state index >= 15 is 0 Å². The molecular weight excluding hydrogens is 549 g/mol. The van der Waals surface area contributed by atoms with Crippen molar-refractivity contribution in [2.24, 2.45) is 0 Å². The van der Waals surface area contributed by atoms with Crippen LogP contribution in [0.3, 0.4) is 0 Å². The van der Waals surface area contributed by atoms with E-state index in [0.29, 0.717) is 60.8 Å². The van der Waals surface area contributed by atoms with Gasteiger partial charge in [-0.1, -0.05) is 12.2 Å². The van der Waals surface area contributed by atoms with Gasteiger partial charge in [0.05, 0.1) is 29.8 Å². The zero-order valence-corrected chi connectivity index (χ0v) is 26.3. The van der Waals surface area contributed by atoms with Crippen LogP contribution in [-0.4, -0.2) is 86.9 Å². The first-order chi connectivity index (χ1) is 17.3. The lowest BCUT2D eigenvalue weighted by molar-refractivity contribution is -0.108. The maximum Gasteiger partial charge on any atom is 0.329 e. The Labute approximate surface area is 237 Å². The molecule has 37 heavy (non-hydrogen) atoms. The number of thiocarbonyl (C=S) groups is 1. The van der Waals surface area contributed by atoms with Crippen LogP contribution in [0.1, 0.15) is 66.7 Å². The quantitative estimate of drug-likeness (QED) is 0.169. The van der Waals surface area contributed by atoms with E-state index in [0.717, 1.165) is 37.0 Å². The summed E-state index contributed by atoms with van der Waals surface area (Å²) in [7, 11) is -1.89. The monoisotopic (exact) mass is 592 g/mol. The number of hydrogen-bond acceptors (Lipinski definition) is 7. The third-order valence-corrected chi connectivity index (χ3v) is 10.7. The first-order valence-corrected chi connectivity index (χ1v) is 16.8. The summed E-state index contributed by atoms with van der Waals surface area (Å²) in [5.74, 6) is 2.32. The first kappa shape index (κ1) is 32.4. The molecule has 0 aliphatic carbocycles. The Morgan fingerprint density at radius 3 is 2.05 bits per heavy atom. The summed E-state index contributed by atoms with van der Waals surface area (Å²) in [4.78, 5) is 28.4. The predicted molar refractivity (Wildman–Crippen MR) is 161 cm³/mol. The molecule has 8 nitrogen and oxygen atoms in total. The topological polar surface area (TPSA) is 84.6 Å². The average molecular weight is 593 g/mol. The standard InChI is InChI=1S/C25H44N4O4S4/c1-6-27-19-22(35)29(23(27)31)25(4,5)11-8-15-37(33)17-9-16-36(32)14-7-10-24(2,3)28-20-26(12-13-30)18-21(28)34/h13,19,35H,6-12,14-18,20H2,1-5H3. The third kappa shape index (κ3) is 9.40. The lowest BCUT2D eigenvalue weighted by Gasteiger charge is -2.37. The number of aromatic nitrogens is 2. The van der Waals surface area contributed by atoms with E-state index in [-0.39, 0.29) is 11.2 Å². The van der Waals surface area contributed by atoms with Crippen molar-refractivity contribution < 1.29 is 13.2 Å². The Hall–Kier alpha value is -0.820. The van der Waals surface area contributed by atoms with Gasteiger partial charge in [0.1, 0.15) is 6.29 Å². The fourth-order valence-electron chi connectivity index (χ4n) is 4.80. The Bertz CT molecular complexity index is 1030. The molecule has 0 aromatic carbocycles. The fourth-order valence-corrected chi connectivity index (χ4v) is 8.24. The van der Waals surface area contributed by atoms with Gasteiger partial charge in [-0.05, 0) is 66.7 Å². The summed E-state index contributed by atoms with van der Waals surface area (Å²) in [5.41, 5.74) is -0.612. The largest absolute Gasteiger partial charge is 0.347 e. The second-order valence-corrected chi connectivity index (χ2v) is 15.2. The maximum atomic E-state index is 12.6. The highest BCUT2D eigenvalue weighted by Crippen LogP contribution is 2.26. The van der Waals surface area contributed by atoms with Gasteiger partial charge in [-0.25, -0.2) is 4.79 Å². The van der Waals surface area contributed by atoms with Gasteiger partial charge < -0.3 is 9.69 Å². The van der Waals surface area contributed by atoms with Crippen LogP contribution >= 0.6 is 24.8 Å². The predicted octanol–water partition coefficient (Wildman–Crippen LogP) is 3.02. The van der Waals surface area contributed by atoms with E-state index in [1.165, 1.54) is 0 Å². The van der Waals surface area contributed by atoms with Crippen molar-refractivity contribution in [2.45, 2.75) is 89.4 Å². The molecule has 1 fully saturated rings. The van der Waals surface area contributed by atoms with Gasteiger partial charge in [0, 0.05) is 68.4 Å². The Morgan fingerprint density at radius 2 is 1.54 bits per heavy atom. The van der Waals surface area contributed by atoms with Crippen LogP contribution in [0.5, 0.6) is 0 Å². The third-order valence-electron chi connectivity index (χ3n) is 7.01. The SMILES string of the molecule is CCn1cc(S)n(C(C)(C)CCCS(=O)CCCS(=O)CCCC(C)(C)N2CN(CC=O)CC2=S)c1=O. The molecule has 2 unspecified atom stereocenters. The molecule has 12 heteroatoms. The van der Waals surface area contributed by atoms with Gasteiger partial charge in [-0.15, -0.1) is 12.6 Å². The molecule has 1 aliphatic rings. The number of nitrogens with zero attached hydrogens (tertiary/aromatic N) is 4. The molecule has 212 valence electrons. The fraction of sp³-hybridized carbons (Fsp3) is 0.800. The number of imidazole rings is 1. The van der Waals surface area contributed by atoms with Gasteiger partial charge in [-0.2, -0.15) is 0 Å². The van der Waals surface area contributed by atoms with Crippen molar-refractivity contribution in [2.75, 3.05) is 42.8 Å². The number of aldehydes is 1. The van der Waals surface area contributed by atoms with Crippen LogP contribution in [0.25, 0.3) is 0 Å². The summed E-state index contributed by atoms with van der Waals surface area (Å²) in [6.07, 6.45) is 6.53. The number of aryl methyl sites for hydroxylation is 1. The number of thiol groups is 1. The lowest BCUT2D eigenvalue weighted by Crippen LogP contribution is -2.45. The minimum absolute atomic E-state index is 0.0625. The zero-order valence-electron chi connectivity index (χ0n) is 22.9. The van der Waals surface area contributed by atoms with Gasteiger partial charge >= 0.3 is 5.69 Å². The van der Waals surface area contributed by atoms with Crippen LogP contribution in [0.4, 0.5) is 0 Å². The summed E-state index contributed by atoms with van der Waals surface area (Å²) in [6.45, 7) is 12.5. The minimum atomic E-state index is -0.962. The van der Waals surface area contributed by atoms with Crippen molar-refractivity contribution in [3.8, 4) is 0 Å². The molecule has 0 bridgehead atoms. The molecule has 0 N–H and O–H groups in total. The number of rotatable bonds is 17. The molecule has 1 aromatic rings. The van der Waals surface area contributed by atoms with Crippen molar-refractivity contribution >= 4 is 57.7 Å². The maximum absolute atomic E-state index is 12.6. The van der Waals surface area contributed by atoms with E-state index < -0.39 is 27.1 Å². The Kier molecular flexibility index (Phi) is 12.7. The average Bonchev–Trinajstić information content (AvgIpc) is 3.32. The molecule has 0 radical (unpaired) electrons. The molecule has 0 spiro atoms. The Morgan fingerprint density at radius 1 is 1.00 bits per heavy atom. The zero-order chi connectivity index (χ0) is 27.8. The van der Waals surface area contributed by atoms with Crippen molar-refractivity contribution in [3.63, 3.8) is 0 Å². The van der Waals surface area contributed by atoms with Crippen LogP contribution in [0.15, 0.2) is 16.0 Å². The number of carbonyl (C=O) groups excluding carboxylic acids is 1. The van der Waals surface area contributed by atoms with Crippen molar-refractivity contribution in [1.29, 1.82) is 0 Å². The van der Waals surface area contributed by atoms with Gasteiger partial charge in [0.15, 0.2) is 0 Å². The molecular formula is C25H44N4O4S4. The molecule has 2 rings (SSSR count). The van der Waals surface area contributed by atoms with Gasteiger partial charge in [-0.3, -0.25) is 22.5 Å². The lowest BCUT2D eigenvalue weighted by atomic mass is 9.97. The van der Waals surface area contributed by atoms with E-state index in [1.54, 1.807) is 15.3 Å². The van der Waals surface area contributed by atoms with E-state index in [9.17, 15) is 18.0 Å². The molecule has 0 saturated carbocycles. The molecule has 1 saturated heterocycles. The second-order valence-electron chi connectivity index (χ2n) is 10.9. The van der Waals surface area contributed by atoms with Crippen LogP contribution in [0.2, 0.25) is 0 Å². The number of carbonyl (C=O) groups is 1. The van der Waals surface area contributed by atoms with Crippen LogP contribution < -0.4 is 5.69 Å². The van der Waals surface area contributed by atoms with Crippen LogP contribution in [-0.2, 0) is 38.5 Å². The molecule has 2 atom stereocenters. The van der Waals surface area contributed by atoms with E-state index in [1.807, 2.05) is 25.7 Å². The van der Waals surface area contributed by atoms with Crippen LogP contribution in [0, 0.1) is 0 Å². The second kappa shape index (κ2) is 14.5. The molecule has 2 heterocycles. The Balaban J connectivity index is 1.66. The first-order valence-electron chi connectivity index (χ1n) is 13.0. The summed E-state index contributed by atoms with van der Waals surface area (Å²) in [5, 5.41) is 0.645. The van der Waals surface area contributed by atoms with Crippen molar-refractivity contribution in [3.05, 3.63) is 16.7 Å². The highest BCUT2D eigenvalue weighted by molar-refractivity contribution is 7.85. The highest BCUT2D eigenvalue weighted by Gasteiger charge is 2.34. The molecule has 1 aromatic heterocycles. The van der Waals surface area contributed by atoms with Crippen molar-refractivity contribution in [1.82, 2.24) is 18.9 Å². The highest BCUT2D eigenvalue weighted by atomic mass is 32.2. The summed E-state index contributed by atoms with van der Waals surface area (Å²) < 4.78 is 28.4. The smallest absolute Gasteiger partial charge is 0.329 e. The van der Waals surface area contributed by atoms with Gasteiger partial charge in [0.2, 0.25) is 0 Å². The normalized spacial score (nSPS) is 16.9. The molecule has 1 aliphatic heterocycles. The number of hydrogen-bond donors (Lipinski definition) is 1. The van der Waals surface area contributed by atoms with E-state index in [4.69, 9.17) is 12.2 Å². The molecule has 0 amide bonds. The summed E-state index contributed by atoms with van der Waals surface area (Å²) in [6, 6.07) is 0. The van der Waals surface area contributed by atoms with E-state index in [2.05, 4.69) is 31.4 Å². The van der Waals surface area contributed by atoms with Gasteiger partial charge in [0.25, 0.3) is 0 Å². The summed E-state index contributed by atoms with van der Waals surface area (Å²) >= 11 is 9.99. The minimum Gasteiger partial charge on any atom is -0.347 e.